The number of fused-ring (bicyclic) bond motifs is 1. The van der Waals surface area contributed by atoms with Gasteiger partial charge >= 0.3 is 11.9 Å². The highest BCUT2D eigenvalue weighted by Gasteiger charge is 2.10. The van der Waals surface area contributed by atoms with Crippen LogP contribution in [0.15, 0.2) is 75.1 Å². The maximum Gasteiger partial charge on any atom is 0.306 e. The van der Waals surface area contributed by atoms with Gasteiger partial charge in [0, 0.05) is 25.2 Å². The number of unbranched alkanes of at least 4 members (excludes halogenated alkanes) is 1. The van der Waals surface area contributed by atoms with Crippen molar-refractivity contribution in [3.63, 3.8) is 0 Å². The third kappa shape index (κ3) is 10.0. The number of carbonyl (C=O) groups is 2. The van der Waals surface area contributed by atoms with Gasteiger partial charge in [0.2, 0.25) is 5.13 Å². The van der Waals surface area contributed by atoms with E-state index in [-0.39, 0.29) is 25.4 Å². The summed E-state index contributed by atoms with van der Waals surface area (Å²) in [5, 5.41) is 18.7. The van der Waals surface area contributed by atoms with Gasteiger partial charge in [-0.1, -0.05) is 48.2 Å². The molecule has 0 fully saturated rings. The van der Waals surface area contributed by atoms with Crippen molar-refractivity contribution in [2.45, 2.75) is 52.9 Å². The van der Waals surface area contributed by atoms with Gasteiger partial charge in [-0.3, -0.25) is 9.59 Å². The quantitative estimate of drug-likeness (QED) is 0.0700. The van der Waals surface area contributed by atoms with Crippen molar-refractivity contribution in [3.05, 3.63) is 60.2 Å². The molecule has 10 nitrogen and oxygen atoms in total. The summed E-state index contributed by atoms with van der Waals surface area (Å²) in [5.41, 5.74) is 3.68. The van der Waals surface area contributed by atoms with E-state index in [9.17, 15) is 9.59 Å². The minimum atomic E-state index is -0.404. The molecule has 0 unspecified atom stereocenters. The number of rotatable bonds is 16. The normalized spacial score (nSPS) is 11.5. The number of anilines is 1. The van der Waals surface area contributed by atoms with E-state index in [4.69, 9.17) is 9.47 Å². The van der Waals surface area contributed by atoms with Gasteiger partial charge in [0.15, 0.2) is 0 Å². The number of nitrogens with zero attached hydrogens (tertiary/aromatic N) is 6. The maximum atomic E-state index is 11.9. The minimum absolute atomic E-state index is 0.0253. The second kappa shape index (κ2) is 16.6. The zero-order valence-electron chi connectivity index (χ0n) is 24.7. The molecule has 2 aromatic heterocycles. The topological polar surface area (TPSA) is 118 Å². The van der Waals surface area contributed by atoms with E-state index in [1.807, 2.05) is 49.4 Å². The van der Waals surface area contributed by atoms with Crippen molar-refractivity contribution in [2.75, 3.05) is 31.2 Å². The number of azo groups is 2. The molecule has 0 atom stereocenters. The largest absolute Gasteiger partial charge is 0.466 e. The predicted molar refractivity (Wildman–Crippen MR) is 172 cm³/mol. The Morgan fingerprint density at radius 1 is 0.791 bits per heavy atom. The van der Waals surface area contributed by atoms with Crippen molar-refractivity contribution in [3.8, 4) is 0 Å². The fourth-order valence-corrected chi connectivity index (χ4v) is 5.87. The van der Waals surface area contributed by atoms with Crippen molar-refractivity contribution >= 4 is 71.3 Å². The minimum Gasteiger partial charge on any atom is -0.466 e. The smallest absolute Gasteiger partial charge is 0.306 e. The summed E-state index contributed by atoms with van der Waals surface area (Å²) >= 11 is 2.91. The van der Waals surface area contributed by atoms with Crippen molar-refractivity contribution < 1.29 is 19.1 Å². The number of ether oxygens (including phenoxy) is 2. The Bertz CT molecular complexity index is 1490. The Morgan fingerprint density at radius 2 is 1.42 bits per heavy atom. The summed E-state index contributed by atoms with van der Waals surface area (Å²) in [6.07, 6.45) is 2.41. The van der Waals surface area contributed by atoms with Gasteiger partial charge in [-0.05, 0) is 68.3 Å². The summed E-state index contributed by atoms with van der Waals surface area (Å²) in [5.74, 6) is -0.771. The van der Waals surface area contributed by atoms with Gasteiger partial charge < -0.3 is 14.4 Å². The average Bonchev–Trinajstić information content (AvgIpc) is 3.58. The van der Waals surface area contributed by atoms with Crippen LogP contribution in [0.5, 0.6) is 0 Å². The van der Waals surface area contributed by atoms with Crippen LogP contribution < -0.4 is 4.90 Å². The lowest BCUT2D eigenvalue weighted by molar-refractivity contribution is -0.150. The summed E-state index contributed by atoms with van der Waals surface area (Å²) in [6, 6.07) is 17.6. The molecular weight excluding hydrogens is 585 g/mol. The predicted octanol–water partition coefficient (Wildman–Crippen LogP) is 9.24. The molecule has 12 heteroatoms. The number of hydrogen-bond donors (Lipinski definition) is 0. The Hall–Kier alpha value is -4.03. The zero-order chi connectivity index (χ0) is 30.4. The molecule has 0 N–H and O–H groups in total. The first-order valence-corrected chi connectivity index (χ1v) is 16.1. The third-order valence-electron chi connectivity index (χ3n) is 6.44. The van der Waals surface area contributed by atoms with Crippen LogP contribution in [0.4, 0.5) is 27.2 Å². The molecule has 0 saturated heterocycles. The van der Waals surface area contributed by atoms with Crippen LogP contribution in [0, 0.1) is 0 Å². The molecule has 4 rings (SSSR count). The van der Waals surface area contributed by atoms with Crippen molar-refractivity contribution in [1.29, 1.82) is 0 Å². The van der Waals surface area contributed by atoms with Crippen LogP contribution in [0.1, 0.15) is 52.0 Å². The van der Waals surface area contributed by atoms with E-state index in [1.54, 1.807) is 0 Å². The summed E-state index contributed by atoms with van der Waals surface area (Å²) in [6.45, 7) is 8.86. The van der Waals surface area contributed by atoms with Gasteiger partial charge in [0.1, 0.15) is 9.83 Å². The number of thiophene rings is 1. The molecule has 0 aliphatic heterocycles. The monoisotopic (exact) mass is 620 g/mol. The van der Waals surface area contributed by atoms with E-state index in [2.05, 4.69) is 56.3 Å². The van der Waals surface area contributed by atoms with Crippen LogP contribution in [0.2, 0.25) is 0 Å². The fraction of sp³-hybridized carbons (Fsp3) is 0.387. The first-order valence-electron chi connectivity index (χ1n) is 14.5. The molecule has 2 aromatic carbocycles. The number of hydrogen-bond acceptors (Lipinski definition) is 12. The second-order valence-corrected chi connectivity index (χ2v) is 11.6. The Morgan fingerprint density at radius 3 is 2.05 bits per heavy atom. The number of thiazole rings is 1. The maximum absolute atomic E-state index is 11.9. The van der Waals surface area contributed by atoms with Crippen molar-refractivity contribution in [2.24, 2.45) is 20.5 Å². The first-order chi connectivity index (χ1) is 21.0. The van der Waals surface area contributed by atoms with Crippen molar-refractivity contribution in [1.82, 2.24) is 4.98 Å². The molecule has 0 amide bonds. The van der Waals surface area contributed by atoms with E-state index >= 15 is 0 Å². The lowest BCUT2D eigenvalue weighted by atomic mass is 10.1. The molecule has 0 saturated carbocycles. The second-order valence-electron chi connectivity index (χ2n) is 9.55. The molecule has 43 heavy (non-hydrogen) atoms. The summed E-state index contributed by atoms with van der Waals surface area (Å²) in [4.78, 5) is 31.2. The van der Waals surface area contributed by atoms with E-state index < -0.39 is 5.97 Å². The van der Waals surface area contributed by atoms with Crippen LogP contribution in [-0.2, 0) is 25.5 Å². The highest BCUT2D eigenvalue weighted by molar-refractivity contribution is 7.30. The lowest BCUT2D eigenvalue weighted by Gasteiger charge is -2.20. The van der Waals surface area contributed by atoms with Crippen LogP contribution in [-0.4, -0.2) is 43.2 Å². The van der Waals surface area contributed by atoms with E-state index in [0.717, 1.165) is 51.7 Å². The molecule has 226 valence electrons. The molecule has 0 spiro atoms. The lowest BCUT2D eigenvalue weighted by Crippen LogP contribution is -2.21. The van der Waals surface area contributed by atoms with Gasteiger partial charge in [0.05, 0.1) is 42.1 Å². The first kappa shape index (κ1) is 31.9. The molecule has 4 aromatic rings. The van der Waals surface area contributed by atoms with Gasteiger partial charge in [-0.15, -0.1) is 20.5 Å². The molecule has 0 aliphatic rings. The van der Waals surface area contributed by atoms with Gasteiger partial charge in [-0.2, -0.15) is 0 Å². The van der Waals surface area contributed by atoms with Crippen LogP contribution in [0.25, 0.3) is 9.53 Å². The molecule has 2 heterocycles. The standard InChI is InChI=1S/C31H36N6O4S2/c1-4-7-19-40-28(38)16-17-29(39)41-20-18-22-8-10-23(11-9-22)33-35-27-21-26-30(43-27)32-31(42-26)36-34-24-12-14-25(15-13-24)37(5-2)6-3/h8-15,21H,4-7,16-20H2,1-3H3. The van der Waals surface area contributed by atoms with E-state index in [1.165, 1.54) is 28.4 Å². The molecule has 0 bridgehead atoms. The summed E-state index contributed by atoms with van der Waals surface area (Å²) in [7, 11) is 0. The van der Waals surface area contributed by atoms with E-state index in [0.29, 0.717) is 23.8 Å². The average molecular weight is 621 g/mol. The highest BCUT2D eigenvalue weighted by atomic mass is 32.1. The summed E-state index contributed by atoms with van der Waals surface area (Å²) < 4.78 is 11.3. The SMILES string of the molecule is CCCCOC(=O)CCC(=O)OCCc1ccc(N=Nc2cc3sc(N=Nc4ccc(N(CC)CC)cc4)nc3s2)cc1. The Labute approximate surface area is 259 Å². The molecule has 0 radical (unpaired) electrons. The third-order valence-corrected chi connectivity index (χ3v) is 8.37. The van der Waals surface area contributed by atoms with Gasteiger partial charge in [0.25, 0.3) is 0 Å². The fourth-order valence-electron chi connectivity index (χ4n) is 4.02. The number of esters is 2. The highest BCUT2D eigenvalue weighted by Crippen LogP contribution is 2.39. The number of carbonyl (C=O) groups excluding carboxylic acids is 2. The number of aromatic nitrogens is 1. The van der Waals surface area contributed by atoms with Crippen LogP contribution in [0.3, 0.4) is 0 Å². The number of benzene rings is 2. The Kier molecular flexibility index (Phi) is 12.3. The zero-order valence-corrected chi connectivity index (χ0v) is 26.3. The molecular formula is C31H36N6O4S2. The van der Waals surface area contributed by atoms with Gasteiger partial charge in [-0.25, -0.2) is 4.98 Å². The molecule has 0 aliphatic carbocycles. The van der Waals surface area contributed by atoms with Crippen LogP contribution >= 0.6 is 22.7 Å². The Balaban J connectivity index is 1.21.